The van der Waals surface area contributed by atoms with Gasteiger partial charge in [-0.1, -0.05) is 13.1 Å². The molecule has 0 saturated carbocycles. The molecule has 0 amide bonds. The molecule has 68 valence electrons. The minimum atomic E-state index is -0.733. The minimum Gasteiger partial charge on any atom is -0.375 e. The van der Waals surface area contributed by atoms with Gasteiger partial charge in [0, 0.05) is 6.54 Å². The van der Waals surface area contributed by atoms with Crippen molar-refractivity contribution in [3.8, 4) is 0 Å². The highest BCUT2D eigenvalue weighted by molar-refractivity contribution is 6.57. The van der Waals surface area contributed by atoms with Crippen molar-refractivity contribution in [3.63, 3.8) is 0 Å². The first kappa shape index (κ1) is 11.1. The van der Waals surface area contributed by atoms with Gasteiger partial charge in [-0.2, -0.15) is 0 Å². The van der Waals surface area contributed by atoms with Gasteiger partial charge in [0.15, 0.2) is 0 Å². The maximum Gasteiger partial charge on any atom is 0.0673 e. The van der Waals surface area contributed by atoms with Crippen LogP contribution in [-0.4, -0.2) is 26.7 Å². The summed E-state index contributed by atoms with van der Waals surface area (Å²) in [7, 11) is -0.733. The Kier molecular flexibility index (Phi) is 4.29. The topological polar surface area (TPSA) is 35.2 Å². The molecular formula is C8H21NOSi. The summed E-state index contributed by atoms with van der Waals surface area (Å²) in [6.07, 6.45) is 0. The number of nitrogens with two attached hydrogens (primary N) is 1. The third-order valence-corrected chi connectivity index (χ3v) is 3.38. The molecule has 1 unspecified atom stereocenters. The highest BCUT2D eigenvalue weighted by Crippen LogP contribution is 2.11. The monoisotopic (exact) mass is 175 g/mol. The van der Waals surface area contributed by atoms with Crippen molar-refractivity contribution in [1.29, 1.82) is 0 Å². The second kappa shape index (κ2) is 4.23. The van der Waals surface area contributed by atoms with Crippen LogP contribution in [0.25, 0.3) is 0 Å². The van der Waals surface area contributed by atoms with E-state index in [-0.39, 0.29) is 5.60 Å². The molecule has 0 fully saturated rings. The fourth-order valence-corrected chi connectivity index (χ4v) is 2.14. The minimum absolute atomic E-state index is 0.0404. The molecule has 2 nitrogen and oxygen atoms in total. The van der Waals surface area contributed by atoms with E-state index in [0.717, 1.165) is 0 Å². The molecule has 0 saturated heterocycles. The van der Waals surface area contributed by atoms with E-state index in [1.807, 2.05) is 0 Å². The molecule has 0 rings (SSSR count). The molecule has 0 bridgehead atoms. The fourth-order valence-electron chi connectivity index (χ4n) is 0.910. The Morgan fingerprint density at radius 3 is 1.91 bits per heavy atom. The van der Waals surface area contributed by atoms with E-state index in [4.69, 9.17) is 10.5 Å². The molecular weight excluding hydrogens is 154 g/mol. The lowest BCUT2D eigenvalue weighted by Gasteiger charge is -2.28. The van der Waals surface area contributed by atoms with Crippen molar-refractivity contribution in [1.82, 2.24) is 0 Å². The van der Waals surface area contributed by atoms with Gasteiger partial charge in [-0.25, -0.2) is 0 Å². The summed E-state index contributed by atoms with van der Waals surface area (Å²) < 4.78 is 5.79. The molecule has 0 spiro atoms. The van der Waals surface area contributed by atoms with Crippen LogP contribution in [-0.2, 0) is 4.74 Å². The molecule has 11 heavy (non-hydrogen) atoms. The third kappa shape index (κ3) is 5.41. The average molecular weight is 175 g/mol. The number of ether oxygens (including phenoxy) is 1. The highest BCUT2D eigenvalue weighted by atomic mass is 28.3. The Hall–Kier alpha value is 0.137. The van der Waals surface area contributed by atoms with Gasteiger partial charge < -0.3 is 10.5 Å². The molecule has 0 heterocycles. The van der Waals surface area contributed by atoms with Gasteiger partial charge in [0.05, 0.1) is 20.1 Å². The average Bonchev–Trinajstić information content (AvgIpc) is 1.80. The zero-order valence-electron chi connectivity index (χ0n) is 8.35. The lowest BCUT2D eigenvalue weighted by atomic mass is 10.2. The Labute approximate surface area is 71.7 Å². The van der Waals surface area contributed by atoms with Crippen LogP contribution in [0.3, 0.4) is 0 Å². The van der Waals surface area contributed by atoms with Crippen LogP contribution in [0.5, 0.6) is 0 Å². The van der Waals surface area contributed by atoms with Crippen LogP contribution in [0.4, 0.5) is 0 Å². The van der Waals surface area contributed by atoms with Gasteiger partial charge in [0.1, 0.15) is 0 Å². The third-order valence-electron chi connectivity index (χ3n) is 1.48. The predicted octanol–water partition coefficient (Wildman–Crippen LogP) is 1.15. The molecule has 2 N–H and O–H groups in total. The summed E-state index contributed by atoms with van der Waals surface area (Å²) in [5.41, 5.74) is 5.88. The highest BCUT2D eigenvalue weighted by Gasteiger charge is 2.20. The Morgan fingerprint density at radius 1 is 1.36 bits per heavy atom. The lowest BCUT2D eigenvalue weighted by Crippen LogP contribution is -2.41. The number of rotatable bonds is 3. The summed E-state index contributed by atoms with van der Waals surface area (Å²) in [6.45, 7) is 11.4. The van der Waals surface area contributed by atoms with E-state index >= 15 is 0 Å². The van der Waals surface area contributed by atoms with E-state index < -0.39 is 8.80 Å². The summed E-state index contributed by atoms with van der Waals surface area (Å²) in [5, 5.41) is 0. The molecule has 0 aliphatic carbocycles. The van der Waals surface area contributed by atoms with Gasteiger partial charge in [0.25, 0.3) is 0 Å². The Bertz CT molecular complexity index is 109. The molecule has 0 aliphatic rings. The maximum atomic E-state index is 5.79. The first-order chi connectivity index (χ1) is 4.87. The van der Waals surface area contributed by atoms with Crippen molar-refractivity contribution in [2.75, 3.05) is 6.54 Å². The van der Waals surface area contributed by atoms with E-state index in [1.54, 1.807) is 0 Å². The van der Waals surface area contributed by atoms with Crippen LogP contribution in [0.2, 0.25) is 13.1 Å². The Balaban J connectivity index is 3.88. The number of hydrogen-bond donors (Lipinski definition) is 1. The molecule has 0 aliphatic heterocycles. The lowest BCUT2D eigenvalue weighted by molar-refractivity contribution is -0.0220. The van der Waals surface area contributed by atoms with Crippen LogP contribution in [0.1, 0.15) is 20.8 Å². The van der Waals surface area contributed by atoms with Crippen molar-refractivity contribution >= 4 is 8.80 Å². The molecule has 1 atom stereocenters. The number of hydrogen-bond acceptors (Lipinski definition) is 2. The largest absolute Gasteiger partial charge is 0.375 e. The zero-order valence-corrected chi connectivity index (χ0v) is 9.50. The van der Waals surface area contributed by atoms with Gasteiger partial charge >= 0.3 is 0 Å². The normalized spacial score (nSPS) is 15.5. The summed E-state index contributed by atoms with van der Waals surface area (Å²) >= 11 is 0. The van der Waals surface area contributed by atoms with Crippen LogP contribution < -0.4 is 5.73 Å². The molecule has 0 aromatic rings. The second-order valence-electron chi connectivity index (χ2n) is 4.25. The maximum absolute atomic E-state index is 5.79. The molecule has 0 radical (unpaired) electrons. The van der Waals surface area contributed by atoms with Crippen molar-refractivity contribution in [3.05, 3.63) is 0 Å². The van der Waals surface area contributed by atoms with Crippen molar-refractivity contribution < 1.29 is 4.74 Å². The van der Waals surface area contributed by atoms with Gasteiger partial charge in [-0.3, -0.25) is 0 Å². The first-order valence-electron chi connectivity index (χ1n) is 4.24. The molecule has 0 aromatic heterocycles. The summed E-state index contributed by atoms with van der Waals surface area (Å²) in [6, 6.07) is 0. The van der Waals surface area contributed by atoms with Crippen LogP contribution in [0, 0.1) is 0 Å². The predicted molar refractivity (Wildman–Crippen MR) is 52.6 cm³/mol. The first-order valence-corrected chi connectivity index (χ1v) is 7.22. The van der Waals surface area contributed by atoms with Crippen molar-refractivity contribution in [2.24, 2.45) is 5.73 Å². The second-order valence-corrected chi connectivity index (χ2v) is 7.48. The molecule has 3 heteroatoms. The van der Waals surface area contributed by atoms with E-state index in [9.17, 15) is 0 Å². The fraction of sp³-hybridized carbons (Fsp3) is 1.00. The standard InChI is InChI=1S/C8H21NOSi/c1-8(2,3)10-7(6-9)11(4)5/h7,11H,6,9H2,1-5H3. The van der Waals surface area contributed by atoms with Gasteiger partial charge in [-0.05, 0) is 20.8 Å². The molecule has 0 aromatic carbocycles. The SMILES string of the molecule is C[SiH](C)C(CN)OC(C)(C)C. The van der Waals surface area contributed by atoms with E-state index in [0.29, 0.717) is 12.3 Å². The van der Waals surface area contributed by atoms with E-state index in [1.165, 1.54) is 0 Å². The summed E-state index contributed by atoms with van der Waals surface area (Å²) in [4.78, 5) is 0. The van der Waals surface area contributed by atoms with Crippen LogP contribution >= 0.6 is 0 Å². The van der Waals surface area contributed by atoms with Gasteiger partial charge in [0.2, 0.25) is 0 Å². The van der Waals surface area contributed by atoms with Crippen molar-refractivity contribution in [2.45, 2.75) is 45.2 Å². The van der Waals surface area contributed by atoms with Gasteiger partial charge in [-0.15, -0.1) is 0 Å². The van der Waals surface area contributed by atoms with Crippen LogP contribution in [0.15, 0.2) is 0 Å². The quantitative estimate of drug-likeness (QED) is 0.653. The van der Waals surface area contributed by atoms with E-state index in [2.05, 4.69) is 33.9 Å². The summed E-state index contributed by atoms with van der Waals surface area (Å²) in [5.74, 6) is 0. The smallest absolute Gasteiger partial charge is 0.0673 e. The zero-order chi connectivity index (χ0) is 9.07. The Morgan fingerprint density at radius 2 is 1.82 bits per heavy atom.